The zero-order chi connectivity index (χ0) is 21.3. The summed E-state index contributed by atoms with van der Waals surface area (Å²) in [7, 11) is 0. The van der Waals surface area contributed by atoms with Gasteiger partial charge in [-0.15, -0.1) is 0 Å². The first-order valence-corrected chi connectivity index (χ1v) is 9.51. The molecule has 30 heavy (non-hydrogen) atoms. The smallest absolute Gasteiger partial charge is 0.343 e. The normalized spacial score (nSPS) is 10.6. The first-order valence-electron chi connectivity index (χ1n) is 9.51. The van der Waals surface area contributed by atoms with Gasteiger partial charge >= 0.3 is 5.97 Å². The summed E-state index contributed by atoms with van der Waals surface area (Å²) in [6.07, 6.45) is 1.50. The number of rotatable bonds is 7. The lowest BCUT2D eigenvalue weighted by molar-refractivity contribution is 0.0728. The molecule has 0 fully saturated rings. The molecule has 6 nitrogen and oxygen atoms in total. The number of hydrogen-bond acceptors (Lipinski definition) is 5. The Morgan fingerprint density at radius 2 is 1.67 bits per heavy atom. The number of hydrogen-bond donors (Lipinski definition) is 1. The van der Waals surface area contributed by atoms with E-state index in [9.17, 15) is 9.59 Å². The van der Waals surface area contributed by atoms with E-state index in [1.54, 1.807) is 54.6 Å². The fourth-order valence-electron chi connectivity index (χ4n) is 2.63. The van der Waals surface area contributed by atoms with Crippen LogP contribution in [0.1, 0.15) is 38.8 Å². The summed E-state index contributed by atoms with van der Waals surface area (Å²) in [6, 6.07) is 21.0. The molecule has 3 aromatic carbocycles. The molecule has 0 heterocycles. The van der Waals surface area contributed by atoms with Crippen molar-refractivity contribution in [1.29, 1.82) is 0 Å². The molecule has 0 aliphatic rings. The van der Waals surface area contributed by atoms with E-state index in [0.717, 1.165) is 5.56 Å². The third-order valence-electron chi connectivity index (χ3n) is 4.17. The van der Waals surface area contributed by atoms with Crippen LogP contribution in [0, 0.1) is 6.92 Å². The van der Waals surface area contributed by atoms with Crippen LogP contribution in [0.2, 0.25) is 0 Å². The Labute approximate surface area is 175 Å². The second kappa shape index (κ2) is 10.0. The SMILES string of the molecule is CCOc1cc(/C=N\NC(=O)c2ccc(C)cc2)ccc1OC(=O)c1ccccc1. The van der Waals surface area contributed by atoms with Gasteiger partial charge in [-0.1, -0.05) is 35.9 Å². The number of hydrazone groups is 1. The van der Waals surface area contributed by atoms with E-state index >= 15 is 0 Å². The summed E-state index contributed by atoms with van der Waals surface area (Å²) in [5.41, 5.74) is 5.22. The number of aryl methyl sites for hydroxylation is 1. The van der Waals surface area contributed by atoms with E-state index in [-0.39, 0.29) is 5.91 Å². The minimum Gasteiger partial charge on any atom is -0.490 e. The lowest BCUT2D eigenvalue weighted by atomic mass is 10.1. The third-order valence-corrected chi connectivity index (χ3v) is 4.17. The summed E-state index contributed by atoms with van der Waals surface area (Å²) >= 11 is 0. The number of carbonyl (C=O) groups is 2. The molecule has 3 aromatic rings. The lowest BCUT2D eigenvalue weighted by Gasteiger charge is -2.11. The minimum absolute atomic E-state index is 0.301. The Morgan fingerprint density at radius 1 is 0.933 bits per heavy atom. The Bertz CT molecular complexity index is 1040. The quantitative estimate of drug-likeness (QED) is 0.275. The van der Waals surface area contributed by atoms with Crippen LogP contribution in [0.15, 0.2) is 77.9 Å². The van der Waals surface area contributed by atoms with Gasteiger partial charge in [0.05, 0.1) is 18.4 Å². The maximum atomic E-state index is 12.3. The van der Waals surface area contributed by atoms with Crippen molar-refractivity contribution in [3.05, 3.63) is 95.1 Å². The van der Waals surface area contributed by atoms with Crippen molar-refractivity contribution in [1.82, 2.24) is 5.43 Å². The topological polar surface area (TPSA) is 77.0 Å². The average molecular weight is 402 g/mol. The van der Waals surface area contributed by atoms with E-state index in [0.29, 0.717) is 34.8 Å². The van der Waals surface area contributed by atoms with Gasteiger partial charge in [0.25, 0.3) is 5.91 Å². The molecule has 6 heteroatoms. The fraction of sp³-hybridized carbons (Fsp3) is 0.125. The van der Waals surface area contributed by atoms with Gasteiger partial charge in [-0.05, 0) is 61.9 Å². The second-order valence-electron chi connectivity index (χ2n) is 6.46. The van der Waals surface area contributed by atoms with Gasteiger partial charge in [-0.3, -0.25) is 4.79 Å². The predicted molar refractivity (Wildman–Crippen MR) is 115 cm³/mol. The molecular formula is C24H22N2O4. The van der Waals surface area contributed by atoms with Gasteiger partial charge in [0, 0.05) is 5.56 Å². The molecule has 0 aromatic heterocycles. The van der Waals surface area contributed by atoms with Crippen molar-refractivity contribution in [3.63, 3.8) is 0 Å². The van der Waals surface area contributed by atoms with Crippen molar-refractivity contribution in [2.75, 3.05) is 6.61 Å². The molecule has 0 bridgehead atoms. The summed E-state index contributed by atoms with van der Waals surface area (Å²) < 4.78 is 11.1. The number of amides is 1. The highest BCUT2D eigenvalue weighted by Gasteiger charge is 2.13. The molecule has 1 N–H and O–H groups in total. The van der Waals surface area contributed by atoms with Crippen LogP contribution in [-0.4, -0.2) is 24.7 Å². The Balaban J connectivity index is 1.69. The Kier molecular flexibility index (Phi) is 6.95. The first-order chi connectivity index (χ1) is 14.6. The third kappa shape index (κ3) is 5.54. The van der Waals surface area contributed by atoms with Crippen molar-refractivity contribution in [2.45, 2.75) is 13.8 Å². The van der Waals surface area contributed by atoms with Crippen molar-refractivity contribution < 1.29 is 19.1 Å². The number of nitrogens with zero attached hydrogens (tertiary/aromatic N) is 1. The Hall–Kier alpha value is -3.93. The molecule has 0 atom stereocenters. The zero-order valence-corrected chi connectivity index (χ0v) is 16.8. The molecule has 152 valence electrons. The van der Waals surface area contributed by atoms with Crippen molar-refractivity contribution in [3.8, 4) is 11.5 Å². The van der Waals surface area contributed by atoms with Crippen LogP contribution < -0.4 is 14.9 Å². The van der Waals surface area contributed by atoms with Gasteiger partial charge in [0.2, 0.25) is 0 Å². The largest absolute Gasteiger partial charge is 0.490 e. The molecule has 0 aliphatic heterocycles. The summed E-state index contributed by atoms with van der Waals surface area (Å²) in [5, 5.41) is 3.99. The molecule has 3 rings (SSSR count). The molecule has 0 saturated carbocycles. The minimum atomic E-state index is -0.469. The van der Waals surface area contributed by atoms with Crippen LogP contribution in [0.4, 0.5) is 0 Å². The highest BCUT2D eigenvalue weighted by molar-refractivity contribution is 5.95. The van der Waals surface area contributed by atoms with E-state index in [4.69, 9.17) is 9.47 Å². The first kappa shape index (κ1) is 20.8. The molecule has 0 unspecified atom stereocenters. The monoisotopic (exact) mass is 402 g/mol. The number of ether oxygens (including phenoxy) is 2. The highest BCUT2D eigenvalue weighted by Crippen LogP contribution is 2.29. The summed E-state index contributed by atoms with van der Waals surface area (Å²) in [6.45, 7) is 4.20. The Morgan fingerprint density at radius 3 is 2.37 bits per heavy atom. The maximum absolute atomic E-state index is 12.3. The number of benzene rings is 3. The molecule has 0 aliphatic carbocycles. The van der Waals surface area contributed by atoms with Gasteiger partial charge in [-0.25, -0.2) is 10.2 Å². The van der Waals surface area contributed by atoms with Crippen LogP contribution >= 0.6 is 0 Å². The molecule has 1 amide bonds. The van der Waals surface area contributed by atoms with E-state index in [1.807, 2.05) is 32.0 Å². The number of nitrogens with one attached hydrogen (secondary N) is 1. The number of esters is 1. The molecular weight excluding hydrogens is 380 g/mol. The summed E-state index contributed by atoms with van der Waals surface area (Å²) in [4.78, 5) is 24.4. The second-order valence-corrected chi connectivity index (χ2v) is 6.46. The van der Waals surface area contributed by atoms with Crippen LogP contribution in [0.3, 0.4) is 0 Å². The van der Waals surface area contributed by atoms with Gasteiger partial charge in [0.1, 0.15) is 0 Å². The average Bonchev–Trinajstić information content (AvgIpc) is 2.76. The zero-order valence-electron chi connectivity index (χ0n) is 16.8. The van der Waals surface area contributed by atoms with Gasteiger partial charge in [0.15, 0.2) is 11.5 Å². The lowest BCUT2D eigenvalue weighted by Crippen LogP contribution is -2.17. The van der Waals surface area contributed by atoms with Crippen molar-refractivity contribution >= 4 is 18.1 Å². The standard InChI is InChI=1S/C24H22N2O4/c1-3-29-22-15-18(16-25-26-23(27)19-12-9-17(2)10-13-19)11-14-21(22)30-24(28)20-7-5-4-6-8-20/h4-16H,3H2,1-2H3,(H,26,27)/b25-16-. The van der Waals surface area contributed by atoms with Gasteiger partial charge < -0.3 is 9.47 Å². The molecule has 0 spiro atoms. The van der Waals surface area contributed by atoms with Crippen LogP contribution in [-0.2, 0) is 0 Å². The van der Waals surface area contributed by atoms with Gasteiger partial charge in [-0.2, -0.15) is 5.10 Å². The van der Waals surface area contributed by atoms with Crippen LogP contribution in [0.5, 0.6) is 11.5 Å². The van der Waals surface area contributed by atoms with Crippen LogP contribution in [0.25, 0.3) is 0 Å². The molecule has 0 saturated heterocycles. The maximum Gasteiger partial charge on any atom is 0.343 e. The van der Waals surface area contributed by atoms with E-state index in [1.165, 1.54) is 6.21 Å². The predicted octanol–water partition coefficient (Wildman–Crippen LogP) is 4.38. The molecule has 0 radical (unpaired) electrons. The fourth-order valence-corrected chi connectivity index (χ4v) is 2.63. The highest BCUT2D eigenvalue weighted by atomic mass is 16.6. The van der Waals surface area contributed by atoms with E-state index in [2.05, 4.69) is 10.5 Å². The summed E-state index contributed by atoms with van der Waals surface area (Å²) in [5.74, 6) is -0.0461. The number of carbonyl (C=O) groups excluding carboxylic acids is 2. The van der Waals surface area contributed by atoms with E-state index < -0.39 is 5.97 Å². The van der Waals surface area contributed by atoms with Crippen molar-refractivity contribution in [2.24, 2.45) is 5.10 Å².